The van der Waals surface area contributed by atoms with Crippen molar-refractivity contribution in [2.75, 3.05) is 6.61 Å². The normalized spacial score (nSPS) is 13.4. The van der Waals surface area contributed by atoms with Gasteiger partial charge in [0.05, 0.1) is 12.1 Å². The molecule has 1 amide bonds. The van der Waals surface area contributed by atoms with Crippen LogP contribution in [0.15, 0.2) is 4.52 Å². The predicted molar refractivity (Wildman–Crippen MR) is 72.8 cm³/mol. The smallest absolute Gasteiger partial charge is 0.224 e. The molecule has 5 nitrogen and oxygen atoms in total. The highest BCUT2D eigenvalue weighted by Gasteiger charge is 2.26. The zero-order chi connectivity index (χ0) is 14.6. The minimum absolute atomic E-state index is 0.0505. The minimum atomic E-state index is -0.0862. The lowest BCUT2D eigenvalue weighted by atomic mass is 9.85. The Morgan fingerprint density at radius 2 is 2.05 bits per heavy atom. The molecular formula is C14H24N2O3. The summed E-state index contributed by atoms with van der Waals surface area (Å²) in [5.74, 6) is 0.616. The van der Waals surface area contributed by atoms with Crippen LogP contribution in [0.2, 0.25) is 0 Å². The molecule has 1 rings (SSSR count). The maximum atomic E-state index is 12.1. The average molecular weight is 268 g/mol. The van der Waals surface area contributed by atoms with Crippen LogP contribution in [0.3, 0.4) is 0 Å². The molecule has 0 fully saturated rings. The van der Waals surface area contributed by atoms with Crippen LogP contribution in [0.4, 0.5) is 0 Å². The molecule has 0 aliphatic heterocycles. The SMILES string of the molecule is Cc1noc(C)c1CC(=O)NC(CCO)C(C)(C)C. The van der Waals surface area contributed by atoms with Crippen molar-refractivity contribution < 1.29 is 14.4 Å². The summed E-state index contributed by atoms with van der Waals surface area (Å²) in [6.45, 7) is 9.83. The minimum Gasteiger partial charge on any atom is -0.396 e. The third-order valence-electron chi connectivity index (χ3n) is 3.32. The molecule has 0 aromatic carbocycles. The Morgan fingerprint density at radius 1 is 1.42 bits per heavy atom. The second-order valence-corrected chi connectivity index (χ2v) is 5.98. The van der Waals surface area contributed by atoms with Gasteiger partial charge in [0.25, 0.3) is 0 Å². The van der Waals surface area contributed by atoms with Crippen LogP contribution in [-0.4, -0.2) is 28.8 Å². The third-order valence-corrected chi connectivity index (χ3v) is 3.32. The molecule has 1 aromatic heterocycles. The van der Waals surface area contributed by atoms with Crippen LogP contribution in [0, 0.1) is 19.3 Å². The molecule has 19 heavy (non-hydrogen) atoms. The second-order valence-electron chi connectivity index (χ2n) is 5.98. The Bertz CT molecular complexity index is 413. The fraction of sp³-hybridized carbons (Fsp3) is 0.714. The first-order chi connectivity index (χ1) is 8.75. The van der Waals surface area contributed by atoms with E-state index in [4.69, 9.17) is 9.63 Å². The number of aromatic nitrogens is 1. The van der Waals surface area contributed by atoms with E-state index in [-0.39, 0.29) is 30.4 Å². The standard InChI is InChI=1S/C14H24N2O3/c1-9-11(10(2)19-16-9)8-13(18)15-12(6-7-17)14(3,4)5/h12,17H,6-8H2,1-5H3,(H,15,18). The number of rotatable bonds is 5. The van der Waals surface area contributed by atoms with E-state index in [9.17, 15) is 4.79 Å². The van der Waals surface area contributed by atoms with Crippen LogP contribution >= 0.6 is 0 Å². The quantitative estimate of drug-likeness (QED) is 0.853. The number of nitrogens with one attached hydrogen (secondary N) is 1. The molecule has 0 bridgehead atoms. The van der Waals surface area contributed by atoms with E-state index in [0.717, 1.165) is 11.3 Å². The van der Waals surface area contributed by atoms with Gasteiger partial charge >= 0.3 is 0 Å². The van der Waals surface area contributed by atoms with Crippen molar-refractivity contribution in [3.63, 3.8) is 0 Å². The van der Waals surface area contributed by atoms with Crippen LogP contribution < -0.4 is 5.32 Å². The first kappa shape index (κ1) is 15.7. The lowest BCUT2D eigenvalue weighted by Crippen LogP contribution is -2.44. The third kappa shape index (κ3) is 4.35. The first-order valence-corrected chi connectivity index (χ1v) is 6.57. The largest absolute Gasteiger partial charge is 0.396 e. The number of hydrogen-bond acceptors (Lipinski definition) is 4. The maximum absolute atomic E-state index is 12.1. The van der Waals surface area contributed by atoms with Crippen molar-refractivity contribution in [2.45, 2.75) is 53.5 Å². The number of nitrogens with zero attached hydrogens (tertiary/aromatic N) is 1. The predicted octanol–water partition coefficient (Wildman–Crippen LogP) is 1.75. The Morgan fingerprint density at radius 3 is 2.47 bits per heavy atom. The summed E-state index contributed by atoms with van der Waals surface area (Å²) in [4.78, 5) is 12.1. The Labute approximate surface area is 114 Å². The van der Waals surface area contributed by atoms with Crippen LogP contribution in [-0.2, 0) is 11.2 Å². The van der Waals surface area contributed by atoms with Gasteiger partial charge in [-0.3, -0.25) is 4.79 Å². The van der Waals surface area contributed by atoms with Gasteiger partial charge in [-0.05, 0) is 25.7 Å². The van der Waals surface area contributed by atoms with Gasteiger partial charge < -0.3 is 14.9 Å². The first-order valence-electron chi connectivity index (χ1n) is 6.57. The lowest BCUT2D eigenvalue weighted by Gasteiger charge is -2.31. The number of amides is 1. The van der Waals surface area contributed by atoms with Crippen molar-refractivity contribution in [1.82, 2.24) is 10.5 Å². The highest BCUT2D eigenvalue weighted by molar-refractivity contribution is 5.79. The molecule has 0 radical (unpaired) electrons. The topological polar surface area (TPSA) is 75.4 Å². The summed E-state index contributed by atoms with van der Waals surface area (Å²) in [5, 5.41) is 15.9. The summed E-state index contributed by atoms with van der Waals surface area (Å²) in [7, 11) is 0. The summed E-state index contributed by atoms with van der Waals surface area (Å²) in [6, 6.07) is -0.0505. The molecule has 2 N–H and O–H groups in total. The van der Waals surface area contributed by atoms with Gasteiger partial charge in [0.1, 0.15) is 5.76 Å². The Hall–Kier alpha value is -1.36. The fourth-order valence-corrected chi connectivity index (χ4v) is 2.01. The number of aliphatic hydroxyl groups is 1. The van der Waals surface area contributed by atoms with E-state index in [2.05, 4.69) is 10.5 Å². The lowest BCUT2D eigenvalue weighted by molar-refractivity contribution is -0.122. The molecule has 0 saturated heterocycles. The van der Waals surface area contributed by atoms with Crippen LogP contribution in [0.25, 0.3) is 0 Å². The molecule has 1 heterocycles. The van der Waals surface area contributed by atoms with E-state index in [1.54, 1.807) is 6.92 Å². The number of hydrogen-bond donors (Lipinski definition) is 2. The van der Waals surface area contributed by atoms with Gasteiger partial charge in [0.2, 0.25) is 5.91 Å². The average Bonchev–Trinajstić information content (AvgIpc) is 2.59. The number of carbonyl (C=O) groups excluding carboxylic acids is 1. The second kappa shape index (κ2) is 6.19. The van der Waals surface area contributed by atoms with E-state index >= 15 is 0 Å². The molecule has 108 valence electrons. The zero-order valence-corrected chi connectivity index (χ0v) is 12.4. The molecule has 1 unspecified atom stereocenters. The van der Waals surface area contributed by atoms with Gasteiger partial charge in [-0.2, -0.15) is 0 Å². The molecule has 1 atom stereocenters. The van der Waals surface area contributed by atoms with Crippen molar-refractivity contribution in [1.29, 1.82) is 0 Å². The molecule has 0 aliphatic carbocycles. The van der Waals surface area contributed by atoms with Gasteiger partial charge in [-0.15, -0.1) is 0 Å². The molecule has 0 saturated carbocycles. The zero-order valence-electron chi connectivity index (χ0n) is 12.4. The summed E-state index contributed by atoms with van der Waals surface area (Å²) in [5.41, 5.74) is 1.51. The van der Waals surface area contributed by atoms with Crippen molar-refractivity contribution in [2.24, 2.45) is 5.41 Å². The van der Waals surface area contributed by atoms with Gasteiger partial charge in [-0.1, -0.05) is 25.9 Å². The van der Waals surface area contributed by atoms with Crippen molar-refractivity contribution in [3.05, 3.63) is 17.0 Å². The van der Waals surface area contributed by atoms with Crippen LogP contribution in [0.5, 0.6) is 0 Å². The monoisotopic (exact) mass is 268 g/mol. The molecule has 1 aromatic rings. The maximum Gasteiger partial charge on any atom is 0.224 e. The van der Waals surface area contributed by atoms with Crippen molar-refractivity contribution in [3.8, 4) is 0 Å². The van der Waals surface area contributed by atoms with Gasteiger partial charge in [0, 0.05) is 18.2 Å². The van der Waals surface area contributed by atoms with Gasteiger partial charge in [0.15, 0.2) is 0 Å². The Kier molecular flexibility index (Phi) is 5.11. The number of carbonyl (C=O) groups is 1. The summed E-state index contributed by atoms with van der Waals surface area (Å²) >= 11 is 0. The highest BCUT2D eigenvalue weighted by atomic mass is 16.5. The fourth-order valence-electron chi connectivity index (χ4n) is 2.01. The summed E-state index contributed by atoms with van der Waals surface area (Å²) < 4.78 is 5.05. The molecule has 0 aliphatic rings. The van der Waals surface area contributed by atoms with Crippen LogP contribution in [0.1, 0.15) is 44.2 Å². The summed E-state index contributed by atoms with van der Waals surface area (Å²) in [6.07, 6.45) is 0.815. The van der Waals surface area contributed by atoms with E-state index in [1.165, 1.54) is 0 Å². The highest BCUT2D eigenvalue weighted by Crippen LogP contribution is 2.22. The van der Waals surface area contributed by atoms with Crippen molar-refractivity contribution >= 4 is 5.91 Å². The van der Waals surface area contributed by atoms with E-state index < -0.39 is 0 Å². The Balaban J connectivity index is 2.68. The van der Waals surface area contributed by atoms with E-state index in [0.29, 0.717) is 12.2 Å². The molecular weight excluding hydrogens is 244 g/mol. The molecule has 0 spiro atoms. The van der Waals surface area contributed by atoms with E-state index in [1.807, 2.05) is 27.7 Å². The van der Waals surface area contributed by atoms with Gasteiger partial charge in [-0.25, -0.2) is 0 Å². The number of aliphatic hydroxyl groups excluding tert-OH is 1. The molecule has 5 heteroatoms. The number of aryl methyl sites for hydroxylation is 2.